The maximum absolute atomic E-state index is 5.79. The molecule has 0 saturated heterocycles. The molecule has 102 valence electrons. The topological polar surface area (TPSA) is 25.2 Å². The van der Waals surface area contributed by atoms with E-state index in [0.29, 0.717) is 6.54 Å². The number of hydrogen-bond acceptors (Lipinski definition) is 2. The van der Waals surface area contributed by atoms with Crippen LogP contribution >= 0.6 is 44.3 Å². The molecule has 19 heavy (non-hydrogen) atoms. The summed E-state index contributed by atoms with van der Waals surface area (Å²) in [6.07, 6.45) is 1.83. The Morgan fingerprint density at radius 3 is 2.68 bits per heavy atom. The van der Waals surface area contributed by atoms with Crippen molar-refractivity contribution in [1.29, 1.82) is 0 Å². The van der Waals surface area contributed by atoms with Gasteiger partial charge in [0.2, 0.25) is 0 Å². The van der Waals surface area contributed by atoms with Gasteiger partial charge in [-0.05, 0) is 46.3 Å². The molecule has 2 nitrogen and oxygen atoms in total. The van der Waals surface area contributed by atoms with E-state index in [4.69, 9.17) is 4.42 Å². The summed E-state index contributed by atoms with van der Waals surface area (Å²) in [5, 5.41) is 3.21. The monoisotopic (exact) mass is 405 g/mol. The van der Waals surface area contributed by atoms with Crippen molar-refractivity contribution in [2.24, 2.45) is 0 Å². The predicted octanol–water partition coefficient (Wildman–Crippen LogP) is 5.17. The number of halogens is 3. The first-order valence-corrected chi connectivity index (χ1v) is 7.15. The highest BCUT2D eigenvalue weighted by molar-refractivity contribution is 9.11. The molecular weight excluding hydrogens is 393 g/mol. The van der Waals surface area contributed by atoms with Gasteiger partial charge in [0.05, 0.1) is 6.54 Å². The average molecular weight is 408 g/mol. The molecule has 0 radical (unpaired) electrons. The molecule has 0 unspecified atom stereocenters. The van der Waals surface area contributed by atoms with E-state index in [0.717, 1.165) is 32.6 Å². The third kappa shape index (κ3) is 4.49. The van der Waals surface area contributed by atoms with Crippen LogP contribution in [0.25, 0.3) is 11.3 Å². The summed E-state index contributed by atoms with van der Waals surface area (Å²) in [5.74, 6) is 1.78. The van der Waals surface area contributed by atoms with Crippen molar-refractivity contribution in [3.63, 3.8) is 0 Å². The Balaban J connectivity index is 0.00000180. The molecule has 0 aliphatic rings. The largest absolute Gasteiger partial charge is 0.460 e. The highest BCUT2D eigenvalue weighted by atomic mass is 79.9. The zero-order valence-corrected chi connectivity index (χ0v) is 14.1. The summed E-state index contributed by atoms with van der Waals surface area (Å²) in [5.41, 5.74) is 1.05. The molecule has 0 amide bonds. The first kappa shape index (κ1) is 16.5. The first-order chi connectivity index (χ1) is 8.70. The third-order valence-corrected chi connectivity index (χ3v) is 3.60. The van der Waals surface area contributed by atoms with Crippen molar-refractivity contribution in [2.75, 3.05) is 6.54 Å². The van der Waals surface area contributed by atoms with Crippen molar-refractivity contribution >= 4 is 44.3 Å². The van der Waals surface area contributed by atoms with Crippen LogP contribution in [-0.4, -0.2) is 6.54 Å². The number of benzene rings is 1. The van der Waals surface area contributed by atoms with Gasteiger partial charge >= 0.3 is 0 Å². The zero-order valence-electron chi connectivity index (χ0n) is 10.2. The van der Waals surface area contributed by atoms with E-state index >= 15 is 0 Å². The molecule has 5 heteroatoms. The Morgan fingerprint density at radius 1 is 1.21 bits per heavy atom. The van der Waals surface area contributed by atoms with Crippen LogP contribution in [0.15, 0.2) is 56.3 Å². The number of rotatable bonds is 5. The Labute approximate surface area is 135 Å². The van der Waals surface area contributed by atoms with Crippen molar-refractivity contribution in [3.8, 4) is 11.3 Å². The highest BCUT2D eigenvalue weighted by Gasteiger charge is 2.08. The van der Waals surface area contributed by atoms with Crippen LogP contribution in [0.2, 0.25) is 0 Å². The number of hydrogen-bond donors (Lipinski definition) is 1. The lowest BCUT2D eigenvalue weighted by atomic mass is 10.2. The molecule has 0 aliphatic carbocycles. The van der Waals surface area contributed by atoms with E-state index in [1.807, 2.05) is 36.4 Å². The van der Waals surface area contributed by atoms with Crippen molar-refractivity contribution in [2.45, 2.75) is 6.54 Å². The van der Waals surface area contributed by atoms with Crippen LogP contribution < -0.4 is 5.32 Å². The lowest BCUT2D eigenvalue weighted by Gasteiger charge is -2.02. The second kappa shape index (κ2) is 7.90. The lowest BCUT2D eigenvalue weighted by Crippen LogP contribution is -2.11. The summed E-state index contributed by atoms with van der Waals surface area (Å²) in [4.78, 5) is 0. The minimum Gasteiger partial charge on any atom is -0.460 e. The Morgan fingerprint density at radius 2 is 2.00 bits per heavy atom. The molecule has 1 heterocycles. The fourth-order valence-electron chi connectivity index (χ4n) is 1.60. The average Bonchev–Trinajstić information content (AvgIpc) is 2.78. The van der Waals surface area contributed by atoms with Crippen LogP contribution in [0, 0.1) is 0 Å². The van der Waals surface area contributed by atoms with Gasteiger partial charge < -0.3 is 9.73 Å². The maximum atomic E-state index is 5.79. The fraction of sp³-hybridized carbons (Fsp3) is 0.143. The van der Waals surface area contributed by atoms with E-state index in [2.05, 4.69) is 43.8 Å². The zero-order chi connectivity index (χ0) is 13.0. The Bertz CT molecular complexity index is 554. The standard InChI is InChI=1S/C14H13Br2NO.ClH/c1-2-7-17-9-11-4-6-14(18-11)12-5-3-10(15)8-13(12)16;/h2-6,8,17H,1,7,9H2;1H. The van der Waals surface area contributed by atoms with Crippen LogP contribution in [0.4, 0.5) is 0 Å². The molecule has 2 aromatic rings. The minimum absolute atomic E-state index is 0. The van der Waals surface area contributed by atoms with Gasteiger partial charge in [0.25, 0.3) is 0 Å². The van der Waals surface area contributed by atoms with Crippen LogP contribution in [0.3, 0.4) is 0 Å². The predicted molar refractivity (Wildman–Crippen MR) is 88.7 cm³/mol. The summed E-state index contributed by atoms with van der Waals surface area (Å²) in [7, 11) is 0. The summed E-state index contributed by atoms with van der Waals surface area (Å²) < 4.78 is 7.85. The van der Waals surface area contributed by atoms with E-state index in [-0.39, 0.29) is 12.4 Å². The van der Waals surface area contributed by atoms with Gasteiger partial charge in [-0.1, -0.05) is 22.0 Å². The van der Waals surface area contributed by atoms with Crippen LogP contribution in [0.5, 0.6) is 0 Å². The summed E-state index contributed by atoms with van der Waals surface area (Å²) in [6, 6.07) is 10.00. The van der Waals surface area contributed by atoms with E-state index in [1.54, 1.807) is 0 Å². The second-order valence-corrected chi connectivity index (χ2v) is 5.58. The van der Waals surface area contributed by atoms with Gasteiger partial charge in [-0.15, -0.1) is 19.0 Å². The molecule has 0 bridgehead atoms. The van der Waals surface area contributed by atoms with Crippen LogP contribution in [-0.2, 0) is 6.54 Å². The molecule has 1 N–H and O–H groups in total. The first-order valence-electron chi connectivity index (χ1n) is 5.56. The smallest absolute Gasteiger partial charge is 0.135 e. The second-order valence-electron chi connectivity index (χ2n) is 3.81. The third-order valence-electron chi connectivity index (χ3n) is 2.45. The van der Waals surface area contributed by atoms with E-state index in [9.17, 15) is 0 Å². The highest BCUT2D eigenvalue weighted by Crippen LogP contribution is 2.31. The van der Waals surface area contributed by atoms with Crippen molar-refractivity contribution < 1.29 is 4.42 Å². The molecule has 1 aromatic heterocycles. The minimum atomic E-state index is 0. The van der Waals surface area contributed by atoms with Crippen LogP contribution in [0.1, 0.15) is 5.76 Å². The Hall–Kier alpha value is -0.550. The molecule has 1 aromatic carbocycles. The molecular formula is C14H14Br2ClNO. The Kier molecular flexibility index (Phi) is 6.86. The molecule has 0 fully saturated rings. The van der Waals surface area contributed by atoms with Gasteiger partial charge in [0.15, 0.2) is 0 Å². The summed E-state index contributed by atoms with van der Waals surface area (Å²) in [6.45, 7) is 5.15. The fourth-order valence-corrected chi connectivity index (χ4v) is 2.85. The normalized spacial score (nSPS) is 10.0. The maximum Gasteiger partial charge on any atom is 0.135 e. The van der Waals surface area contributed by atoms with Crippen molar-refractivity contribution in [3.05, 3.63) is 57.7 Å². The van der Waals surface area contributed by atoms with Gasteiger partial charge in [-0.25, -0.2) is 0 Å². The SMILES string of the molecule is C=CCNCc1ccc(-c2ccc(Br)cc2Br)o1.Cl. The van der Waals surface area contributed by atoms with Crippen molar-refractivity contribution in [1.82, 2.24) is 5.32 Å². The van der Waals surface area contributed by atoms with Gasteiger partial charge in [0, 0.05) is 21.1 Å². The number of furan rings is 1. The molecule has 0 aliphatic heterocycles. The lowest BCUT2D eigenvalue weighted by molar-refractivity contribution is 0.501. The quantitative estimate of drug-likeness (QED) is 0.546. The van der Waals surface area contributed by atoms with E-state index in [1.165, 1.54) is 0 Å². The molecule has 0 saturated carbocycles. The van der Waals surface area contributed by atoms with Gasteiger partial charge in [-0.3, -0.25) is 0 Å². The van der Waals surface area contributed by atoms with Gasteiger partial charge in [0.1, 0.15) is 11.5 Å². The van der Waals surface area contributed by atoms with Gasteiger partial charge in [-0.2, -0.15) is 0 Å². The number of nitrogens with one attached hydrogen (secondary N) is 1. The molecule has 2 rings (SSSR count). The molecule has 0 atom stereocenters. The summed E-state index contributed by atoms with van der Waals surface area (Å²) >= 11 is 6.97. The van der Waals surface area contributed by atoms with E-state index < -0.39 is 0 Å². The molecule has 0 spiro atoms.